The largest absolute Gasteiger partial charge is 0.322 e. The quantitative estimate of drug-likeness (QED) is 0.806. The van der Waals surface area contributed by atoms with Crippen LogP contribution in [0.3, 0.4) is 0 Å². The van der Waals surface area contributed by atoms with Crippen LogP contribution in [0.25, 0.3) is 6.08 Å². The molecule has 0 saturated heterocycles. The second kappa shape index (κ2) is 6.75. The Kier molecular flexibility index (Phi) is 4.99. The summed E-state index contributed by atoms with van der Waals surface area (Å²) in [7, 11) is 0. The van der Waals surface area contributed by atoms with Gasteiger partial charge in [-0.3, -0.25) is 4.79 Å². The third-order valence-corrected chi connectivity index (χ3v) is 3.14. The number of hydrogen-bond acceptors (Lipinski definition) is 2. The van der Waals surface area contributed by atoms with Gasteiger partial charge >= 0.3 is 0 Å². The zero-order chi connectivity index (χ0) is 16.2. The number of nitrogens with one attached hydrogen (secondary N) is 1. The lowest BCUT2D eigenvalue weighted by atomic mass is 9.95. The van der Waals surface area contributed by atoms with Crippen molar-refractivity contribution in [3.05, 3.63) is 65.0 Å². The second-order valence-corrected chi connectivity index (χ2v) is 6.53. The van der Waals surface area contributed by atoms with Gasteiger partial charge in [0.1, 0.15) is 5.15 Å². The van der Waals surface area contributed by atoms with E-state index in [2.05, 4.69) is 43.2 Å². The lowest BCUT2D eigenvalue weighted by Gasteiger charge is -2.11. The van der Waals surface area contributed by atoms with E-state index in [9.17, 15) is 4.79 Å². The van der Waals surface area contributed by atoms with Crippen LogP contribution in [0.4, 0.5) is 5.69 Å². The van der Waals surface area contributed by atoms with Gasteiger partial charge < -0.3 is 5.32 Å². The van der Waals surface area contributed by atoms with E-state index in [1.54, 1.807) is 30.5 Å². The van der Waals surface area contributed by atoms with Crippen molar-refractivity contribution in [2.45, 2.75) is 20.8 Å². The van der Waals surface area contributed by atoms with E-state index in [4.69, 9.17) is 11.6 Å². The van der Waals surface area contributed by atoms with Gasteiger partial charge in [0.05, 0.1) is 0 Å². The van der Waals surface area contributed by atoms with E-state index in [0.717, 1.165) is 5.56 Å². The lowest BCUT2D eigenvalue weighted by Crippen LogP contribution is -2.11. The molecule has 0 bridgehead atoms. The molecule has 1 aromatic carbocycles. The van der Waals surface area contributed by atoms with Crippen molar-refractivity contribution >= 4 is 29.3 Å². The SMILES string of the molecule is CC(C)(C)C=Cc1ccc(C(=O)Nc2ccnc(Cl)c2)cc1. The number of carbonyl (C=O) groups is 1. The number of rotatable bonds is 3. The molecule has 1 amide bonds. The van der Waals surface area contributed by atoms with E-state index < -0.39 is 0 Å². The molecule has 22 heavy (non-hydrogen) atoms. The Balaban J connectivity index is 2.07. The van der Waals surface area contributed by atoms with Gasteiger partial charge in [-0.25, -0.2) is 4.98 Å². The molecule has 0 aliphatic rings. The van der Waals surface area contributed by atoms with Crippen molar-refractivity contribution in [3.63, 3.8) is 0 Å². The standard InChI is InChI=1S/C18H19ClN2O/c1-18(2,3)10-8-13-4-6-14(7-5-13)17(22)21-15-9-11-20-16(19)12-15/h4-12H,1-3H3,(H,20,21,22). The number of allylic oxidation sites excluding steroid dienone is 1. The van der Waals surface area contributed by atoms with E-state index in [1.165, 1.54) is 0 Å². The number of benzene rings is 1. The smallest absolute Gasteiger partial charge is 0.255 e. The molecule has 1 heterocycles. The van der Waals surface area contributed by atoms with Crippen LogP contribution in [-0.2, 0) is 0 Å². The van der Waals surface area contributed by atoms with E-state index >= 15 is 0 Å². The molecule has 114 valence electrons. The molecular formula is C18H19ClN2O. The molecule has 0 saturated carbocycles. The van der Waals surface area contributed by atoms with E-state index in [1.807, 2.05) is 12.1 Å². The first-order chi connectivity index (χ1) is 10.3. The minimum atomic E-state index is -0.173. The molecule has 0 atom stereocenters. The number of halogens is 1. The molecule has 2 aromatic rings. The van der Waals surface area contributed by atoms with Gasteiger partial charge in [-0.15, -0.1) is 0 Å². The van der Waals surface area contributed by atoms with Crippen molar-refractivity contribution < 1.29 is 4.79 Å². The first-order valence-electron chi connectivity index (χ1n) is 7.06. The van der Waals surface area contributed by atoms with Crippen LogP contribution in [0.1, 0.15) is 36.7 Å². The normalized spacial score (nSPS) is 11.6. The molecule has 3 nitrogen and oxygen atoms in total. The van der Waals surface area contributed by atoms with Crippen LogP contribution in [0.5, 0.6) is 0 Å². The Morgan fingerprint density at radius 3 is 2.45 bits per heavy atom. The number of carbonyl (C=O) groups excluding carboxylic acids is 1. The molecule has 0 fully saturated rings. The van der Waals surface area contributed by atoms with Crippen LogP contribution < -0.4 is 5.32 Å². The summed E-state index contributed by atoms with van der Waals surface area (Å²) < 4.78 is 0. The fourth-order valence-corrected chi connectivity index (χ4v) is 1.95. The topological polar surface area (TPSA) is 42.0 Å². The van der Waals surface area contributed by atoms with Crippen LogP contribution in [0, 0.1) is 5.41 Å². The molecule has 1 N–H and O–H groups in total. The highest BCUT2D eigenvalue weighted by atomic mass is 35.5. The van der Waals surface area contributed by atoms with Gasteiger partial charge in [-0.2, -0.15) is 0 Å². The predicted octanol–water partition coefficient (Wildman–Crippen LogP) is 5.05. The monoisotopic (exact) mass is 314 g/mol. The predicted molar refractivity (Wildman–Crippen MR) is 92.1 cm³/mol. The molecular weight excluding hydrogens is 296 g/mol. The van der Waals surface area contributed by atoms with Gasteiger partial charge in [0, 0.05) is 17.4 Å². The third-order valence-electron chi connectivity index (χ3n) is 2.93. The minimum absolute atomic E-state index is 0.136. The summed E-state index contributed by atoms with van der Waals surface area (Å²) in [4.78, 5) is 16.0. The number of hydrogen-bond donors (Lipinski definition) is 1. The fraction of sp³-hybridized carbons (Fsp3) is 0.222. The summed E-state index contributed by atoms with van der Waals surface area (Å²) in [6, 6.07) is 10.8. The van der Waals surface area contributed by atoms with Crippen molar-refractivity contribution in [2.24, 2.45) is 5.41 Å². The minimum Gasteiger partial charge on any atom is -0.322 e. The molecule has 0 unspecified atom stereocenters. The van der Waals surface area contributed by atoms with Gasteiger partial charge in [-0.1, -0.05) is 56.7 Å². The average molecular weight is 315 g/mol. The first-order valence-corrected chi connectivity index (χ1v) is 7.43. The van der Waals surface area contributed by atoms with Crippen molar-refractivity contribution in [3.8, 4) is 0 Å². The zero-order valence-electron chi connectivity index (χ0n) is 12.9. The van der Waals surface area contributed by atoms with Crippen molar-refractivity contribution in [2.75, 3.05) is 5.32 Å². The molecule has 0 radical (unpaired) electrons. The summed E-state index contributed by atoms with van der Waals surface area (Å²) in [6.07, 6.45) is 5.75. The van der Waals surface area contributed by atoms with Gasteiger partial charge in [-0.05, 0) is 35.2 Å². The average Bonchev–Trinajstić information content (AvgIpc) is 2.45. The van der Waals surface area contributed by atoms with Gasteiger partial charge in [0.15, 0.2) is 0 Å². The summed E-state index contributed by atoms with van der Waals surface area (Å²) in [5, 5.41) is 3.14. The maximum absolute atomic E-state index is 12.2. The molecule has 0 aliphatic carbocycles. The Morgan fingerprint density at radius 1 is 1.18 bits per heavy atom. The number of anilines is 1. The molecule has 4 heteroatoms. The van der Waals surface area contributed by atoms with E-state index in [0.29, 0.717) is 16.4 Å². The number of pyridine rings is 1. The maximum Gasteiger partial charge on any atom is 0.255 e. The van der Waals surface area contributed by atoms with Crippen LogP contribution in [0.2, 0.25) is 5.15 Å². The Labute approximate surface area is 136 Å². The summed E-state index contributed by atoms with van der Waals surface area (Å²) in [5.74, 6) is -0.173. The summed E-state index contributed by atoms with van der Waals surface area (Å²) >= 11 is 5.80. The fourth-order valence-electron chi connectivity index (χ4n) is 1.78. The van der Waals surface area contributed by atoms with E-state index in [-0.39, 0.29) is 11.3 Å². The van der Waals surface area contributed by atoms with Crippen LogP contribution in [-0.4, -0.2) is 10.9 Å². The number of aromatic nitrogens is 1. The third kappa shape index (κ3) is 5.01. The second-order valence-electron chi connectivity index (χ2n) is 6.14. The molecule has 0 spiro atoms. The first kappa shape index (κ1) is 16.2. The summed E-state index contributed by atoms with van der Waals surface area (Å²) in [6.45, 7) is 6.43. The van der Waals surface area contributed by atoms with Crippen LogP contribution >= 0.6 is 11.6 Å². The maximum atomic E-state index is 12.2. The number of nitrogens with zero attached hydrogens (tertiary/aromatic N) is 1. The van der Waals surface area contributed by atoms with Crippen molar-refractivity contribution in [1.29, 1.82) is 0 Å². The lowest BCUT2D eigenvalue weighted by molar-refractivity contribution is 0.102. The van der Waals surface area contributed by atoms with Gasteiger partial charge in [0.2, 0.25) is 0 Å². The highest BCUT2D eigenvalue weighted by Gasteiger charge is 2.07. The highest BCUT2D eigenvalue weighted by Crippen LogP contribution is 2.18. The number of amides is 1. The molecule has 2 rings (SSSR count). The van der Waals surface area contributed by atoms with Crippen LogP contribution in [0.15, 0.2) is 48.7 Å². The highest BCUT2D eigenvalue weighted by molar-refractivity contribution is 6.29. The zero-order valence-corrected chi connectivity index (χ0v) is 13.7. The Bertz CT molecular complexity index is 685. The molecule has 0 aliphatic heterocycles. The molecule has 1 aromatic heterocycles. The van der Waals surface area contributed by atoms with Crippen molar-refractivity contribution in [1.82, 2.24) is 4.98 Å². The summed E-state index contributed by atoms with van der Waals surface area (Å²) in [5.41, 5.74) is 2.43. The van der Waals surface area contributed by atoms with Gasteiger partial charge in [0.25, 0.3) is 5.91 Å². The Morgan fingerprint density at radius 2 is 1.86 bits per heavy atom. The Hall–Kier alpha value is -2.13.